The van der Waals surface area contributed by atoms with E-state index in [9.17, 15) is 9.59 Å². The molecule has 3 rings (SSSR count). The van der Waals surface area contributed by atoms with Crippen LogP contribution in [0.25, 0.3) is 0 Å². The molecule has 0 heterocycles. The standard InChI is InChI=1S/C29H33NO5/c1-20-7-5-8-22(15-20)9-6-14-30(19-24-12-10-23(11-13-24)16-28(31)32)29(33)25-17-26(34-3)21(2)27(18-25)35-4/h5,7-8,10-13,15,17-18H,6,9,14,16,19H2,1-4H3,(H,31,32). The van der Waals surface area contributed by atoms with Gasteiger partial charge in [0.25, 0.3) is 5.91 Å². The van der Waals surface area contributed by atoms with E-state index in [1.54, 1.807) is 38.5 Å². The zero-order valence-electron chi connectivity index (χ0n) is 20.8. The summed E-state index contributed by atoms with van der Waals surface area (Å²) in [5, 5.41) is 9.02. The van der Waals surface area contributed by atoms with Crippen LogP contribution in [0.4, 0.5) is 0 Å². The third kappa shape index (κ3) is 7.09. The molecule has 0 spiro atoms. The molecule has 3 aromatic rings. The van der Waals surface area contributed by atoms with Crippen molar-refractivity contribution in [1.82, 2.24) is 4.90 Å². The van der Waals surface area contributed by atoms with Crippen LogP contribution in [0.5, 0.6) is 11.5 Å². The van der Waals surface area contributed by atoms with Gasteiger partial charge in [-0.1, -0.05) is 54.1 Å². The molecule has 0 aliphatic carbocycles. The van der Waals surface area contributed by atoms with Gasteiger partial charge in [-0.2, -0.15) is 0 Å². The van der Waals surface area contributed by atoms with Gasteiger partial charge >= 0.3 is 5.97 Å². The van der Waals surface area contributed by atoms with Gasteiger partial charge in [0, 0.05) is 24.2 Å². The predicted octanol–water partition coefficient (Wildman–Crippen LogP) is 5.22. The van der Waals surface area contributed by atoms with E-state index in [0.717, 1.165) is 29.5 Å². The smallest absolute Gasteiger partial charge is 0.307 e. The van der Waals surface area contributed by atoms with Gasteiger partial charge in [0.15, 0.2) is 0 Å². The van der Waals surface area contributed by atoms with Crippen molar-refractivity contribution >= 4 is 11.9 Å². The molecule has 0 atom stereocenters. The molecule has 0 saturated carbocycles. The maximum Gasteiger partial charge on any atom is 0.307 e. The average Bonchev–Trinajstić information content (AvgIpc) is 2.84. The number of methoxy groups -OCH3 is 2. The lowest BCUT2D eigenvalue weighted by atomic mass is 10.0. The minimum Gasteiger partial charge on any atom is -0.496 e. The van der Waals surface area contributed by atoms with Crippen LogP contribution in [0.1, 0.15) is 44.6 Å². The van der Waals surface area contributed by atoms with Crippen molar-refractivity contribution in [1.29, 1.82) is 0 Å². The van der Waals surface area contributed by atoms with E-state index in [4.69, 9.17) is 14.6 Å². The number of amides is 1. The molecule has 0 aromatic heterocycles. The Morgan fingerprint density at radius 3 is 2.06 bits per heavy atom. The molecule has 0 aliphatic heterocycles. The van der Waals surface area contributed by atoms with E-state index < -0.39 is 5.97 Å². The number of hydrogen-bond donors (Lipinski definition) is 1. The molecule has 3 aromatic carbocycles. The molecule has 6 nitrogen and oxygen atoms in total. The SMILES string of the molecule is COc1cc(C(=O)N(CCCc2cccc(C)c2)Cc2ccc(CC(=O)O)cc2)cc(OC)c1C. The van der Waals surface area contributed by atoms with Crippen LogP contribution in [0, 0.1) is 13.8 Å². The summed E-state index contributed by atoms with van der Waals surface area (Å²) in [6, 6.07) is 19.3. The quantitative estimate of drug-likeness (QED) is 0.411. The third-order valence-electron chi connectivity index (χ3n) is 6.01. The van der Waals surface area contributed by atoms with Gasteiger partial charge in [-0.15, -0.1) is 0 Å². The number of carboxylic acid groups (broad SMARTS) is 1. The molecule has 1 amide bonds. The Morgan fingerprint density at radius 2 is 1.49 bits per heavy atom. The number of carboxylic acids is 1. The summed E-state index contributed by atoms with van der Waals surface area (Å²) in [6.45, 7) is 4.95. The number of hydrogen-bond acceptors (Lipinski definition) is 4. The zero-order chi connectivity index (χ0) is 25.4. The van der Waals surface area contributed by atoms with Gasteiger partial charge < -0.3 is 19.5 Å². The average molecular weight is 476 g/mol. The highest BCUT2D eigenvalue weighted by Crippen LogP contribution is 2.30. The van der Waals surface area contributed by atoms with Gasteiger partial charge in [0.05, 0.1) is 20.6 Å². The molecule has 184 valence electrons. The predicted molar refractivity (Wildman–Crippen MR) is 136 cm³/mol. The fourth-order valence-electron chi connectivity index (χ4n) is 4.14. The lowest BCUT2D eigenvalue weighted by molar-refractivity contribution is -0.136. The largest absolute Gasteiger partial charge is 0.496 e. The first-order valence-electron chi connectivity index (χ1n) is 11.7. The highest BCUT2D eigenvalue weighted by molar-refractivity contribution is 5.95. The molecule has 0 radical (unpaired) electrons. The molecule has 0 bridgehead atoms. The minimum absolute atomic E-state index is 0.0254. The van der Waals surface area contributed by atoms with Crippen LogP contribution in [-0.2, 0) is 24.2 Å². The van der Waals surface area contributed by atoms with Crippen LogP contribution in [0.15, 0.2) is 60.7 Å². The maximum atomic E-state index is 13.6. The molecule has 35 heavy (non-hydrogen) atoms. The van der Waals surface area contributed by atoms with Crippen molar-refractivity contribution in [2.24, 2.45) is 0 Å². The highest BCUT2D eigenvalue weighted by Gasteiger charge is 2.20. The Bertz CT molecular complexity index is 1140. The summed E-state index contributed by atoms with van der Waals surface area (Å²) in [4.78, 5) is 26.5. The van der Waals surface area contributed by atoms with Crippen molar-refractivity contribution in [2.45, 2.75) is 39.7 Å². The fourth-order valence-corrected chi connectivity index (χ4v) is 4.14. The highest BCUT2D eigenvalue weighted by atomic mass is 16.5. The molecule has 0 aliphatic rings. The second kappa shape index (κ2) is 12.1. The van der Waals surface area contributed by atoms with Crippen LogP contribution in [-0.4, -0.2) is 42.6 Å². The summed E-state index contributed by atoms with van der Waals surface area (Å²) in [5.41, 5.74) is 5.47. The number of rotatable bonds is 11. The van der Waals surface area contributed by atoms with Crippen molar-refractivity contribution in [3.05, 3.63) is 94.0 Å². The fraction of sp³-hybridized carbons (Fsp3) is 0.310. The van der Waals surface area contributed by atoms with Crippen molar-refractivity contribution in [3.63, 3.8) is 0 Å². The molecule has 1 N–H and O–H groups in total. The first-order valence-corrected chi connectivity index (χ1v) is 11.7. The Balaban J connectivity index is 1.83. The van der Waals surface area contributed by atoms with E-state index >= 15 is 0 Å². The van der Waals surface area contributed by atoms with Crippen LogP contribution in [0.3, 0.4) is 0 Å². The molecule has 6 heteroatoms. The zero-order valence-corrected chi connectivity index (χ0v) is 20.8. The summed E-state index contributed by atoms with van der Waals surface area (Å²) >= 11 is 0. The monoisotopic (exact) mass is 475 g/mol. The van der Waals surface area contributed by atoms with E-state index in [0.29, 0.717) is 30.2 Å². The minimum atomic E-state index is -0.868. The molecular formula is C29H33NO5. The van der Waals surface area contributed by atoms with Crippen LogP contribution in [0.2, 0.25) is 0 Å². The summed E-state index contributed by atoms with van der Waals surface area (Å²) < 4.78 is 10.9. The Kier molecular flexibility index (Phi) is 8.90. The first-order chi connectivity index (χ1) is 16.8. The number of carbonyl (C=O) groups is 2. The van der Waals surface area contributed by atoms with Gasteiger partial charge in [-0.25, -0.2) is 0 Å². The van der Waals surface area contributed by atoms with Gasteiger partial charge in [-0.3, -0.25) is 9.59 Å². The number of aliphatic carboxylic acids is 1. The normalized spacial score (nSPS) is 10.6. The summed E-state index contributed by atoms with van der Waals surface area (Å²) in [5.74, 6) is 0.226. The number of ether oxygens (including phenoxy) is 2. The number of benzene rings is 3. The Hall–Kier alpha value is -3.80. The maximum absolute atomic E-state index is 13.6. The van der Waals surface area contributed by atoms with Crippen molar-refractivity contribution in [3.8, 4) is 11.5 Å². The van der Waals surface area contributed by atoms with Crippen molar-refractivity contribution < 1.29 is 24.2 Å². The van der Waals surface area contributed by atoms with Crippen LogP contribution < -0.4 is 9.47 Å². The summed E-state index contributed by atoms with van der Waals surface area (Å²) in [6.07, 6.45) is 1.65. The number of nitrogens with zero attached hydrogens (tertiary/aromatic N) is 1. The third-order valence-corrected chi connectivity index (χ3v) is 6.01. The summed E-state index contributed by atoms with van der Waals surface area (Å²) in [7, 11) is 3.16. The van der Waals surface area contributed by atoms with Crippen LogP contribution >= 0.6 is 0 Å². The topological polar surface area (TPSA) is 76.1 Å². The Labute approximate surface area is 207 Å². The van der Waals surface area contributed by atoms with Crippen molar-refractivity contribution in [2.75, 3.05) is 20.8 Å². The first kappa shape index (κ1) is 25.8. The van der Waals surface area contributed by atoms with Gasteiger partial charge in [0.1, 0.15) is 11.5 Å². The van der Waals surface area contributed by atoms with Gasteiger partial charge in [-0.05, 0) is 55.5 Å². The Morgan fingerprint density at radius 1 is 0.857 bits per heavy atom. The van der Waals surface area contributed by atoms with E-state index in [2.05, 4.69) is 31.2 Å². The molecule has 0 unspecified atom stereocenters. The van der Waals surface area contributed by atoms with E-state index in [1.807, 2.05) is 24.0 Å². The molecular weight excluding hydrogens is 442 g/mol. The molecule has 0 saturated heterocycles. The lowest BCUT2D eigenvalue weighted by Gasteiger charge is -2.24. The van der Waals surface area contributed by atoms with E-state index in [-0.39, 0.29) is 12.3 Å². The second-order valence-corrected chi connectivity index (χ2v) is 8.71. The van der Waals surface area contributed by atoms with E-state index in [1.165, 1.54) is 11.1 Å². The molecule has 0 fully saturated rings. The number of aryl methyl sites for hydroxylation is 2. The lowest BCUT2D eigenvalue weighted by Crippen LogP contribution is -2.32. The second-order valence-electron chi connectivity index (χ2n) is 8.71. The van der Waals surface area contributed by atoms with Gasteiger partial charge in [0.2, 0.25) is 0 Å². The number of carbonyl (C=O) groups excluding carboxylic acids is 1.